The monoisotopic (exact) mass is 654 g/mol. The number of aliphatic hydroxyl groups excluding tert-OH is 3. The van der Waals surface area contributed by atoms with Gasteiger partial charge in [0.05, 0.1) is 36.6 Å². The molecule has 1 saturated heterocycles. The minimum atomic E-state index is -4.85. The fourth-order valence-electron chi connectivity index (χ4n) is 10.6. The van der Waals surface area contributed by atoms with Gasteiger partial charge in [-0.1, -0.05) is 41.5 Å². The third kappa shape index (κ3) is 5.60. The lowest BCUT2D eigenvalue weighted by Crippen LogP contribution is -2.68. The van der Waals surface area contributed by atoms with Crippen LogP contribution in [0.15, 0.2) is 0 Å². The molecule has 5 rings (SSSR count). The van der Waals surface area contributed by atoms with E-state index >= 15 is 0 Å². The lowest BCUT2D eigenvalue weighted by Gasteiger charge is -2.64. The lowest BCUT2D eigenvalue weighted by atomic mass is 9.42. The standard InChI is InChI=1S/C29H51O12PS/c1-13(2)15(4)18-12-14(3)20-26(39-18)27(40-42(33,34)38-7)21-19-16(8-10-29(20,21)6)28(5)11-9-17(41-43(35,36)37)23(30)22(28)25(32)24(19)31/h13-27,30-32H,8-12H2,1-7H3,(H,33,34)(H,35,36,37). The van der Waals surface area contributed by atoms with Crippen molar-refractivity contribution in [3.63, 3.8) is 0 Å². The van der Waals surface area contributed by atoms with Gasteiger partial charge >= 0.3 is 18.2 Å². The van der Waals surface area contributed by atoms with Gasteiger partial charge in [-0.3, -0.25) is 13.6 Å². The molecule has 17 unspecified atom stereocenters. The summed E-state index contributed by atoms with van der Waals surface area (Å²) in [7, 11) is -8.22. The van der Waals surface area contributed by atoms with Crippen LogP contribution < -0.4 is 0 Å². The largest absolute Gasteiger partial charge is 0.472 e. The van der Waals surface area contributed by atoms with E-state index in [1.165, 1.54) is 0 Å². The lowest BCUT2D eigenvalue weighted by molar-refractivity contribution is -0.253. The van der Waals surface area contributed by atoms with Crippen molar-refractivity contribution in [1.82, 2.24) is 0 Å². The van der Waals surface area contributed by atoms with Crippen LogP contribution in [0.1, 0.15) is 73.6 Å². The number of fused-ring (bicyclic) bond motifs is 7. The molecule has 4 aliphatic carbocycles. The molecule has 1 aliphatic heterocycles. The molecule has 0 radical (unpaired) electrons. The highest BCUT2D eigenvalue weighted by atomic mass is 32.3. The first-order chi connectivity index (χ1) is 19.8. The van der Waals surface area contributed by atoms with E-state index in [-0.39, 0.29) is 36.2 Å². The average molecular weight is 655 g/mol. The van der Waals surface area contributed by atoms with Crippen molar-refractivity contribution in [2.75, 3.05) is 7.11 Å². The van der Waals surface area contributed by atoms with E-state index in [0.717, 1.165) is 13.5 Å². The summed E-state index contributed by atoms with van der Waals surface area (Å²) in [5.41, 5.74) is -1.18. The molecule has 0 bridgehead atoms. The first kappa shape index (κ1) is 34.2. The zero-order chi connectivity index (χ0) is 32.0. The highest BCUT2D eigenvalue weighted by Crippen LogP contribution is 2.71. The quantitative estimate of drug-likeness (QED) is 0.200. The van der Waals surface area contributed by atoms with Gasteiger partial charge < -0.3 is 24.9 Å². The van der Waals surface area contributed by atoms with Gasteiger partial charge in [0.1, 0.15) is 6.10 Å². The summed E-state index contributed by atoms with van der Waals surface area (Å²) in [6, 6.07) is 0. The van der Waals surface area contributed by atoms with Gasteiger partial charge in [0.2, 0.25) is 0 Å². The number of phosphoric acid groups is 1. The maximum atomic E-state index is 13.0. The predicted octanol–water partition coefficient (Wildman–Crippen LogP) is 3.18. The zero-order valence-electron chi connectivity index (χ0n) is 26.1. The van der Waals surface area contributed by atoms with E-state index < -0.39 is 83.4 Å². The summed E-state index contributed by atoms with van der Waals surface area (Å²) < 4.78 is 67.7. The molecule has 250 valence electrons. The molecule has 0 spiro atoms. The second-order valence-corrected chi connectivity index (χ2v) is 17.6. The maximum Gasteiger partial charge on any atom is 0.472 e. The number of hydrogen-bond donors (Lipinski definition) is 5. The van der Waals surface area contributed by atoms with Crippen molar-refractivity contribution in [3.05, 3.63) is 0 Å². The molecule has 0 amide bonds. The molecule has 17 atom stereocenters. The Morgan fingerprint density at radius 1 is 0.953 bits per heavy atom. The maximum absolute atomic E-state index is 13.0. The molecule has 5 fully saturated rings. The Balaban J connectivity index is 1.56. The van der Waals surface area contributed by atoms with Gasteiger partial charge in [-0.05, 0) is 84.4 Å². The molecule has 0 aromatic heterocycles. The van der Waals surface area contributed by atoms with Crippen LogP contribution in [-0.4, -0.2) is 83.0 Å². The molecular formula is C29H51O12PS. The molecule has 0 aromatic carbocycles. The van der Waals surface area contributed by atoms with Gasteiger partial charge in [-0.25, -0.2) is 8.75 Å². The SMILES string of the molecule is COP(=O)(O)OC1C2OC(C(C)C(C)C)CC(C)C2C2(C)CCC3C(C(O)C(O)C4C(O)C(OS(=O)(=O)O)CCC34C)C12. The van der Waals surface area contributed by atoms with Gasteiger partial charge in [0.15, 0.2) is 0 Å². The Hall–Kier alpha value is -0.180. The van der Waals surface area contributed by atoms with Gasteiger partial charge in [-0.15, -0.1) is 0 Å². The van der Waals surface area contributed by atoms with Crippen LogP contribution in [0.4, 0.5) is 0 Å². The number of phosphoric ester groups is 1. The van der Waals surface area contributed by atoms with E-state index in [9.17, 15) is 37.7 Å². The Morgan fingerprint density at radius 2 is 1.58 bits per heavy atom. The topological polar surface area (TPSA) is 189 Å². The van der Waals surface area contributed by atoms with E-state index in [1.807, 2.05) is 6.92 Å². The minimum Gasteiger partial charge on any atom is -0.390 e. The number of hydrogen-bond acceptors (Lipinski definition) is 10. The van der Waals surface area contributed by atoms with E-state index in [0.29, 0.717) is 25.2 Å². The fourth-order valence-corrected chi connectivity index (χ4v) is 11.8. The summed E-state index contributed by atoms with van der Waals surface area (Å²) >= 11 is 0. The normalized spacial score (nSPS) is 52.0. The predicted molar refractivity (Wildman–Crippen MR) is 155 cm³/mol. The molecule has 43 heavy (non-hydrogen) atoms. The summed E-state index contributed by atoms with van der Waals surface area (Å²) in [6.07, 6.45) is -4.31. The van der Waals surface area contributed by atoms with Crippen LogP contribution in [-0.2, 0) is 32.9 Å². The van der Waals surface area contributed by atoms with Crippen LogP contribution in [0.3, 0.4) is 0 Å². The Kier molecular flexibility index (Phi) is 9.14. The second-order valence-electron chi connectivity index (χ2n) is 15.1. The summed E-state index contributed by atoms with van der Waals surface area (Å²) in [5, 5.41) is 34.8. The highest BCUT2D eigenvalue weighted by molar-refractivity contribution is 7.80. The van der Waals surface area contributed by atoms with Crippen molar-refractivity contribution in [2.45, 2.75) is 116 Å². The molecule has 14 heteroatoms. The second kappa shape index (κ2) is 11.5. The van der Waals surface area contributed by atoms with Crippen molar-refractivity contribution in [3.8, 4) is 0 Å². The molecule has 5 aliphatic rings. The number of rotatable bonds is 7. The van der Waals surface area contributed by atoms with Crippen LogP contribution >= 0.6 is 7.82 Å². The Morgan fingerprint density at radius 3 is 2.16 bits per heavy atom. The minimum absolute atomic E-state index is 0.0321. The molecule has 12 nitrogen and oxygen atoms in total. The summed E-state index contributed by atoms with van der Waals surface area (Å²) in [6.45, 7) is 12.7. The molecule has 0 aromatic rings. The van der Waals surface area contributed by atoms with Crippen LogP contribution in [0.25, 0.3) is 0 Å². The highest BCUT2D eigenvalue weighted by Gasteiger charge is 2.72. The van der Waals surface area contributed by atoms with E-state index in [4.69, 9.17) is 18.0 Å². The van der Waals surface area contributed by atoms with Gasteiger partial charge in [0, 0.05) is 13.0 Å². The first-order valence-corrected chi connectivity index (χ1v) is 18.6. The number of aliphatic hydroxyl groups is 3. The van der Waals surface area contributed by atoms with E-state index in [2.05, 4.69) is 34.6 Å². The number of ether oxygens (including phenoxy) is 1. The third-order valence-electron chi connectivity index (χ3n) is 12.8. The van der Waals surface area contributed by atoms with Gasteiger partial charge in [-0.2, -0.15) is 8.42 Å². The Bertz CT molecular complexity index is 1200. The van der Waals surface area contributed by atoms with Crippen LogP contribution in [0.5, 0.6) is 0 Å². The van der Waals surface area contributed by atoms with Crippen molar-refractivity contribution >= 4 is 18.2 Å². The summed E-state index contributed by atoms with van der Waals surface area (Å²) in [5.74, 6) is -1.43. The first-order valence-electron chi connectivity index (χ1n) is 15.7. The molecule has 1 heterocycles. The van der Waals surface area contributed by atoms with Crippen LogP contribution in [0.2, 0.25) is 0 Å². The fraction of sp³-hybridized carbons (Fsp3) is 1.00. The van der Waals surface area contributed by atoms with Gasteiger partial charge in [0.25, 0.3) is 0 Å². The zero-order valence-corrected chi connectivity index (χ0v) is 27.9. The third-order valence-corrected chi connectivity index (χ3v) is 14.2. The summed E-state index contributed by atoms with van der Waals surface area (Å²) in [4.78, 5) is 10.6. The molecular weight excluding hydrogens is 603 g/mol. The van der Waals surface area contributed by atoms with Crippen molar-refractivity contribution < 1.29 is 55.7 Å². The Labute approximate surface area is 255 Å². The molecule has 5 N–H and O–H groups in total. The van der Waals surface area contributed by atoms with Crippen molar-refractivity contribution in [2.24, 2.45) is 58.2 Å². The van der Waals surface area contributed by atoms with Crippen LogP contribution in [0, 0.1) is 58.2 Å². The van der Waals surface area contributed by atoms with E-state index in [1.54, 1.807) is 0 Å². The van der Waals surface area contributed by atoms with Crippen molar-refractivity contribution in [1.29, 1.82) is 0 Å². The molecule has 4 saturated carbocycles. The smallest absolute Gasteiger partial charge is 0.390 e. The average Bonchev–Trinajstić information content (AvgIpc) is 3.15.